The molecule has 0 bridgehead atoms. The molecule has 0 saturated carbocycles. The first-order valence-electron chi connectivity index (χ1n) is 9.37. The van der Waals surface area contributed by atoms with Gasteiger partial charge in [-0.25, -0.2) is 0 Å². The van der Waals surface area contributed by atoms with Crippen molar-refractivity contribution in [1.29, 1.82) is 0 Å². The zero-order valence-electron chi connectivity index (χ0n) is 15.1. The molecule has 6 nitrogen and oxygen atoms in total. The van der Waals surface area contributed by atoms with E-state index < -0.39 is 5.41 Å². The van der Waals surface area contributed by atoms with Crippen molar-refractivity contribution in [3.8, 4) is 11.5 Å². The van der Waals surface area contributed by atoms with E-state index in [1.165, 1.54) is 0 Å². The maximum atomic E-state index is 13.8. The quantitative estimate of drug-likeness (QED) is 0.693. The van der Waals surface area contributed by atoms with Crippen LogP contribution >= 0.6 is 0 Å². The SMILES string of the molecule is O=C1N(Cc2cnccn2)c2ccccc2C12COc1cc3c(cc12)CCO3. The molecule has 6 heteroatoms. The predicted molar refractivity (Wildman–Crippen MR) is 102 cm³/mol. The van der Waals surface area contributed by atoms with Crippen molar-refractivity contribution in [3.05, 3.63) is 77.4 Å². The number of carbonyl (C=O) groups is 1. The first kappa shape index (κ1) is 15.6. The maximum absolute atomic E-state index is 13.8. The van der Waals surface area contributed by atoms with E-state index in [1.54, 1.807) is 18.6 Å². The van der Waals surface area contributed by atoms with Crippen LogP contribution in [-0.4, -0.2) is 29.1 Å². The van der Waals surface area contributed by atoms with E-state index in [-0.39, 0.29) is 5.91 Å². The van der Waals surface area contributed by atoms with Crippen molar-refractivity contribution >= 4 is 11.6 Å². The predicted octanol–water partition coefficient (Wildman–Crippen LogP) is 2.64. The molecule has 1 amide bonds. The lowest BCUT2D eigenvalue weighted by molar-refractivity contribution is -0.122. The van der Waals surface area contributed by atoms with Gasteiger partial charge < -0.3 is 14.4 Å². The third-order valence-corrected chi connectivity index (χ3v) is 5.90. The smallest absolute Gasteiger partial charge is 0.246 e. The summed E-state index contributed by atoms with van der Waals surface area (Å²) in [7, 11) is 0. The summed E-state index contributed by atoms with van der Waals surface area (Å²) < 4.78 is 11.7. The lowest BCUT2D eigenvalue weighted by Gasteiger charge is -2.23. The fraction of sp³-hybridized carbons (Fsp3) is 0.227. The Kier molecular flexibility index (Phi) is 3.10. The molecule has 0 saturated heterocycles. The van der Waals surface area contributed by atoms with Crippen LogP contribution in [-0.2, 0) is 23.2 Å². The first-order valence-corrected chi connectivity index (χ1v) is 9.37. The monoisotopic (exact) mass is 371 g/mol. The number of hydrogen-bond acceptors (Lipinski definition) is 5. The number of anilines is 1. The highest BCUT2D eigenvalue weighted by atomic mass is 16.5. The minimum Gasteiger partial charge on any atom is -0.493 e. The van der Waals surface area contributed by atoms with Crippen LogP contribution in [0, 0.1) is 0 Å². The molecule has 0 fully saturated rings. The van der Waals surface area contributed by atoms with Crippen molar-refractivity contribution < 1.29 is 14.3 Å². The van der Waals surface area contributed by atoms with Gasteiger partial charge in [0.25, 0.3) is 0 Å². The van der Waals surface area contributed by atoms with Gasteiger partial charge in [-0.1, -0.05) is 18.2 Å². The maximum Gasteiger partial charge on any atom is 0.246 e. The Morgan fingerprint density at radius 1 is 1.07 bits per heavy atom. The Hall–Kier alpha value is -3.41. The van der Waals surface area contributed by atoms with Crippen LogP contribution in [0.2, 0.25) is 0 Å². The van der Waals surface area contributed by atoms with Gasteiger partial charge in [-0.3, -0.25) is 14.8 Å². The third-order valence-electron chi connectivity index (χ3n) is 5.90. The molecule has 1 atom stereocenters. The third kappa shape index (κ3) is 1.94. The Morgan fingerprint density at radius 2 is 2.00 bits per heavy atom. The fourth-order valence-corrected chi connectivity index (χ4v) is 4.58. The summed E-state index contributed by atoms with van der Waals surface area (Å²) >= 11 is 0. The van der Waals surface area contributed by atoms with Gasteiger partial charge >= 0.3 is 0 Å². The van der Waals surface area contributed by atoms with Crippen LogP contribution in [0.15, 0.2) is 55.0 Å². The molecule has 1 unspecified atom stereocenters. The second kappa shape index (κ2) is 5.55. The molecule has 3 aliphatic heterocycles. The van der Waals surface area contributed by atoms with Gasteiger partial charge in [0.15, 0.2) is 0 Å². The molecule has 3 aliphatic rings. The Balaban J connectivity index is 1.52. The van der Waals surface area contributed by atoms with E-state index in [9.17, 15) is 4.79 Å². The van der Waals surface area contributed by atoms with Gasteiger partial charge in [0.2, 0.25) is 5.91 Å². The summed E-state index contributed by atoms with van der Waals surface area (Å²) in [6.45, 7) is 1.36. The molecule has 6 rings (SSSR count). The number of nitrogens with zero attached hydrogens (tertiary/aromatic N) is 3. The van der Waals surface area contributed by atoms with Crippen molar-refractivity contribution in [2.24, 2.45) is 0 Å². The van der Waals surface area contributed by atoms with Crippen LogP contribution < -0.4 is 14.4 Å². The summed E-state index contributed by atoms with van der Waals surface area (Å²) in [6.07, 6.45) is 5.84. The van der Waals surface area contributed by atoms with Gasteiger partial charge in [-0.15, -0.1) is 0 Å². The fourth-order valence-electron chi connectivity index (χ4n) is 4.58. The number of ether oxygens (including phenoxy) is 2. The molecule has 1 spiro atoms. The number of aromatic nitrogens is 2. The molecule has 138 valence electrons. The second-order valence-electron chi connectivity index (χ2n) is 7.35. The number of benzene rings is 2. The Labute approximate surface area is 161 Å². The summed E-state index contributed by atoms with van der Waals surface area (Å²) in [5.41, 5.74) is 3.92. The second-order valence-corrected chi connectivity index (χ2v) is 7.35. The summed E-state index contributed by atoms with van der Waals surface area (Å²) in [6, 6.07) is 12.0. The van der Waals surface area contributed by atoms with E-state index in [4.69, 9.17) is 9.47 Å². The minimum absolute atomic E-state index is 0.0250. The molecule has 0 N–H and O–H groups in total. The lowest BCUT2D eigenvalue weighted by atomic mass is 9.76. The zero-order valence-corrected chi connectivity index (χ0v) is 15.1. The van der Waals surface area contributed by atoms with Gasteiger partial charge in [0.05, 0.1) is 25.0 Å². The minimum atomic E-state index is -0.814. The van der Waals surface area contributed by atoms with Gasteiger partial charge in [0.1, 0.15) is 23.5 Å². The largest absolute Gasteiger partial charge is 0.493 e. The molecule has 3 aromatic rings. The van der Waals surface area contributed by atoms with Gasteiger partial charge in [0, 0.05) is 36.1 Å². The number of fused-ring (bicyclic) bond motifs is 5. The molecular weight excluding hydrogens is 354 g/mol. The average molecular weight is 371 g/mol. The van der Waals surface area contributed by atoms with Crippen LogP contribution in [0.25, 0.3) is 0 Å². The molecule has 0 radical (unpaired) electrons. The first-order chi connectivity index (χ1) is 13.8. The summed E-state index contributed by atoms with van der Waals surface area (Å²) in [5, 5.41) is 0. The van der Waals surface area contributed by atoms with E-state index >= 15 is 0 Å². The molecular formula is C22H17N3O3. The van der Waals surface area contributed by atoms with Crippen LogP contribution in [0.3, 0.4) is 0 Å². The van der Waals surface area contributed by atoms with E-state index in [0.29, 0.717) is 19.8 Å². The van der Waals surface area contributed by atoms with Crippen LogP contribution in [0.4, 0.5) is 5.69 Å². The van der Waals surface area contributed by atoms with E-state index in [2.05, 4.69) is 16.0 Å². The van der Waals surface area contributed by atoms with Crippen LogP contribution in [0.5, 0.6) is 11.5 Å². The van der Waals surface area contributed by atoms with Crippen LogP contribution in [0.1, 0.15) is 22.4 Å². The molecule has 2 aromatic carbocycles. The normalized spacial score (nSPS) is 21.3. The van der Waals surface area contributed by atoms with E-state index in [0.717, 1.165) is 46.0 Å². The number of rotatable bonds is 2. The Morgan fingerprint density at radius 3 is 2.89 bits per heavy atom. The van der Waals surface area contributed by atoms with Crippen molar-refractivity contribution in [3.63, 3.8) is 0 Å². The molecule has 28 heavy (non-hydrogen) atoms. The average Bonchev–Trinajstić information content (AvgIpc) is 3.40. The van der Waals surface area contributed by atoms with Gasteiger partial charge in [-0.2, -0.15) is 0 Å². The number of para-hydroxylation sites is 1. The standard InChI is InChI=1S/C22H17N3O3/c26-21-22(13-28-20-10-19-14(5-8-27-19)9-17(20)22)16-3-1-2-4-18(16)25(21)12-15-11-23-6-7-24-15/h1-4,6-7,9-11H,5,8,12-13H2. The van der Waals surface area contributed by atoms with Crippen molar-refractivity contribution in [1.82, 2.24) is 9.97 Å². The summed E-state index contributed by atoms with van der Waals surface area (Å²) in [4.78, 5) is 24.1. The Bertz CT molecular complexity index is 1120. The highest BCUT2D eigenvalue weighted by Gasteiger charge is 2.57. The van der Waals surface area contributed by atoms with Gasteiger partial charge in [-0.05, 0) is 23.3 Å². The van der Waals surface area contributed by atoms with Crippen molar-refractivity contribution in [2.75, 3.05) is 18.1 Å². The highest BCUT2D eigenvalue weighted by molar-refractivity contribution is 6.11. The zero-order chi connectivity index (χ0) is 18.7. The number of hydrogen-bond donors (Lipinski definition) is 0. The lowest BCUT2D eigenvalue weighted by Crippen LogP contribution is -2.42. The highest BCUT2D eigenvalue weighted by Crippen LogP contribution is 2.54. The number of amides is 1. The molecule has 1 aromatic heterocycles. The topological polar surface area (TPSA) is 64.6 Å². The molecule has 4 heterocycles. The molecule has 0 aliphatic carbocycles. The number of carbonyl (C=O) groups excluding carboxylic acids is 1. The summed E-state index contributed by atoms with van der Waals surface area (Å²) in [5.74, 6) is 1.63. The van der Waals surface area contributed by atoms with Crippen molar-refractivity contribution in [2.45, 2.75) is 18.4 Å². The van der Waals surface area contributed by atoms with E-state index in [1.807, 2.05) is 35.2 Å².